The van der Waals surface area contributed by atoms with Crippen molar-refractivity contribution in [3.05, 3.63) is 46.1 Å². The summed E-state index contributed by atoms with van der Waals surface area (Å²) in [6.45, 7) is 8.07. The number of anilines is 1. The Morgan fingerprint density at radius 3 is 2.64 bits per heavy atom. The van der Waals surface area contributed by atoms with Crippen LogP contribution in [0.2, 0.25) is 0 Å². The number of nitriles is 1. The van der Waals surface area contributed by atoms with Crippen LogP contribution in [0.3, 0.4) is 0 Å². The van der Waals surface area contributed by atoms with E-state index in [1.807, 2.05) is 39.0 Å². The second-order valence-corrected chi connectivity index (χ2v) is 9.64. The van der Waals surface area contributed by atoms with Crippen LogP contribution in [0, 0.1) is 39.0 Å². The first kappa shape index (κ1) is 23.1. The third-order valence-corrected chi connectivity index (χ3v) is 7.37. The largest absolute Gasteiger partial charge is 0.411 e. The van der Waals surface area contributed by atoms with Gasteiger partial charge in [-0.15, -0.1) is 10.2 Å². The lowest BCUT2D eigenvalue weighted by molar-refractivity contribution is -0.113. The second-order valence-electron chi connectivity index (χ2n) is 8.72. The van der Waals surface area contributed by atoms with E-state index in [-0.39, 0.29) is 11.7 Å². The van der Waals surface area contributed by atoms with E-state index >= 15 is 0 Å². The summed E-state index contributed by atoms with van der Waals surface area (Å²) in [5, 5.41) is 21.3. The van der Waals surface area contributed by atoms with Crippen molar-refractivity contribution in [1.29, 1.82) is 5.26 Å². The Morgan fingerprint density at radius 2 is 1.94 bits per heavy atom. The van der Waals surface area contributed by atoms with Gasteiger partial charge in [0.25, 0.3) is 5.22 Å². The first-order valence-corrected chi connectivity index (χ1v) is 12.3. The summed E-state index contributed by atoms with van der Waals surface area (Å²) in [6, 6.07) is 8.59. The van der Waals surface area contributed by atoms with Crippen molar-refractivity contribution in [3.63, 3.8) is 0 Å². The number of hydrogen-bond donors (Lipinski definition) is 1. The Hall–Kier alpha value is -3.05. The van der Waals surface area contributed by atoms with Gasteiger partial charge >= 0.3 is 0 Å². The number of carbonyl (C=O) groups excluding carboxylic acids is 1. The maximum atomic E-state index is 12.8. The van der Waals surface area contributed by atoms with Gasteiger partial charge in [0.05, 0.1) is 11.3 Å². The molecule has 1 N–H and O–H groups in total. The molecule has 1 fully saturated rings. The predicted molar refractivity (Wildman–Crippen MR) is 129 cm³/mol. The molecule has 0 bridgehead atoms. The van der Waals surface area contributed by atoms with E-state index in [1.165, 1.54) is 36.6 Å². The Bertz CT molecular complexity index is 1210. The summed E-state index contributed by atoms with van der Waals surface area (Å²) in [5.41, 5.74) is 5.74. The standard InChI is InChI=1S/C25H29N5O2S/c1-15-10-11-19(12-16(15)2)24-28-29-25(32-24)33-14-22(31)27-23-21(13-26)17(3)18(4)30(23)20-8-6-5-7-9-20/h10-12,20H,5-9,14H2,1-4H3,(H,27,31). The molecule has 1 aliphatic rings. The number of benzene rings is 1. The van der Waals surface area contributed by atoms with Crippen molar-refractivity contribution in [1.82, 2.24) is 14.8 Å². The molecular formula is C25H29N5O2S. The van der Waals surface area contributed by atoms with Gasteiger partial charge in [0, 0.05) is 17.3 Å². The van der Waals surface area contributed by atoms with Gasteiger partial charge in [-0.2, -0.15) is 5.26 Å². The van der Waals surface area contributed by atoms with E-state index in [0.29, 0.717) is 28.5 Å². The molecule has 172 valence electrons. The summed E-state index contributed by atoms with van der Waals surface area (Å²) in [6.07, 6.45) is 5.73. The molecule has 1 aliphatic carbocycles. The highest BCUT2D eigenvalue weighted by molar-refractivity contribution is 7.99. The predicted octanol–water partition coefficient (Wildman–Crippen LogP) is 5.88. The van der Waals surface area contributed by atoms with Gasteiger partial charge in [-0.05, 0) is 69.4 Å². The summed E-state index contributed by atoms with van der Waals surface area (Å²) < 4.78 is 7.92. The average Bonchev–Trinajstić information content (AvgIpc) is 3.38. The minimum atomic E-state index is -0.197. The molecule has 0 saturated heterocycles. The summed E-state index contributed by atoms with van der Waals surface area (Å²) in [5.74, 6) is 0.974. The lowest BCUT2D eigenvalue weighted by atomic mass is 9.95. The van der Waals surface area contributed by atoms with Gasteiger partial charge in [-0.3, -0.25) is 4.79 Å². The fourth-order valence-corrected chi connectivity index (χ4v) is 5.00. The van der Waals surface area contributed by atoms with Gasteiger partial charge in [-0.25, -0.2) is 0 Å². The van der Waals surface area contributed by atoms with Crippen molar-refractivity contribution in [2.24, 2.45) is 0 Å². The van der Waals surface area contributed by atoms with Crippen LogP contribution in [0.4, 0.5) is 5.82 Å². The Morgan fingerprint density at radius 1 is 1.18 bits per heavy atom. The van der Waals surface area contributed by atoms with Gasteiger partial charge in [0.15, 0.2) is 0 Å². The van der Waals surface area contributed by atoms with Crippen LogP contribution in [-0.2, 0) is 4.79 Å². The van der Waals surface area contributed by atoms with Crippen molar-refractivity contribution < 1.29 is 9.21 Å². The Kier molecular flexibility index (Phi) is 6.89. The average molecular weight is 464 g/mol. The molecule has 7 nitrogen and oxygen atoms in total. The van der Waals surface area contributed by atoms with E-state index in [1.54, 1.807) is 0 Å². The lowest BCUT2D eigenvalue weighted by Gasteiger charge is -2.27. The molecule has 33 heavy (non-hydrogen) atoms. The van der Waals surface area contributed by atoms with Crippen LogP contribution in [0.15, 0.2) is 27.8 Å². The molecule has 1 amide bonds. The quantitative estimate of drug-likeness (QED) is 0.459. The number of carbonyl (C=O) groups is 1. The number of rotatable bonds is 6. The third kappa shape index (κ3) is 4.83. The highest BCUT2D eigenvalue weighted by Crippen LogP contribution is 2.37. The molecule has 0 radical (unpaired) electrons. The monoisotopic (exact) mass is 463 g/mol. The number of amides is 1. The van der Waals surface area contributed by atoms with E-state index in [4.69, 9.17) is 4.42 Å². The number of nitrogens with zero attached hydrogens (tertiary/aromatic N) is 4. The van der Waals surface area contributed by atoms with E-state index in [9.17, 15) is 10.1 Å². The van der Waals surface area contributed by atoms with Crippen molar-refractivity contribution >= 4 is 23.5 Å². The van der Waals surface area contributed by atoms with Crippen LogP contribution in [0.25, 0.3) is 11.5 Å². The molecule has 1 saturated carbocycles. The maximum absolute atomic E-state index is 12.8. The zero-order valence-electron chi connectivity index (χ0n) is 19.6. The molecule has 1 aromatic carbocycles. The lowest BCUT2D eigenvalue weighted by Crippen LogP contribution is -2.21. The van der Waals surface area contributed by atoms with Crippen LogP contribution in [0.1, 0.15) is 66.1 Å². The summed E-state index contributed by atoms with van der Waals surface area (Å²) in [4.78, 5) is 12.8. The topological polar surface area (TPSA) is 96.7 Å². The van der Waals surface area contributed by atoms with Crippen molar-refractivity contribution in [2.45, 2.75) is 71.1 Å². The van der Waals surface area contributed by atoms with Crippen LogP contribution in [-0.4, -0.2) is 26.4 Å². The first-order valence-electron chi connectivity index (χ1n) is 11.3. The maximum Gasteiger partial charge on any atom is 0.277 e. The number of aryl methyl sites for hydroxylation is 2. The van der Waals surface area contributed by atoms with E-state index in [0.717, 1.165) is 35.2 Å². The second kappa shape index (κ2) is 9.84. The molecule has 4 rings (SSSR count). The highest BCUT2D eigenvalue weighted by Gasteiger charge is 2.26. The summed E-state index contributed by atoms with van der Waals surface area (Å²) >= 11 is 1.19. The number of aromatic nitrogens is 3. The molecule has 0 atom stereocenters. The smallest absolute Gasteiger partial charge is 0.277 e. The molecule has 2 aromatic heterocycles. The minimum Gasteiger partial charge on any atom is -0.411 e. The number of thioether (sulfide) groups is 1. The van der Waals surface area contributed by atoms with E-state index in [2.05, 4.69) is 33.1 Å². The zero-order valence-corrected chi connectivity index (χ0v) is 20.4. The fourth-order valence-electron chi connectivity index (χ4n) is 4.44. The van der Waals surface area contributed by atoms with Gasteiger partial charge < -0.3 is 14.3 Å². The highest BCUT2D eigenvalue weighted by atomic mass is 32.2. The molecule has 8 heteroatoms. The Labute approximate surface area is 198 Å². The number of nitrogens with one attached hydrogen (secondary N) is 1. The number of hydrogen-bond acceptors (Lipinski definition) is 6. The minimum absolute atomic E-state index is 0.118. The first-order chi connectivity index (χ1) is 15.9. The van der Waals surface area contributed by atoms with Crippen molar-refractivity contribution in [2.75, 3.05) is 11.1 Å². The van der Waals surface area contributed by atoms with Crippen molar-refractivity contribution in [3.8, 4) is 17.5 Å². The normalized spacial score (nSPS) is 14.3. The van der Waals surface area contributed by atoms with Gasteiger partial charge in [0.2, 0.25) is 11.8 Å². The van der Waals surface area contributed by atoms with Crippen LogP contribution in [0.5, 0.6) is 0 Å². The molecule has 2 heterocycles. The van der Waals surface area contributed by atoms with Crippen LogP contribution >= 0.6 is 11.8 Å². The molecule has 3 aromatic rings. The Balaban J connectivity index is 1.46. The fraction of sp³-hybridized carbons (Fsp3) is 0.440. The molecule has 0 aliphatic heterocycles. The molecule has 0 spiro atoms. The van der Waals surface area contributed by atoms with Crippen LogP contribution < -0.4 is 5.32 Å². The van der Waals surface area contributed by atoms with E-state index < -0.39 is 0 Å². The SMILES string of the molecule is Cc1ccc(-c2nnc(SCC(=O)Nc3c(C#N)c(C)c(C)n3C3CCCCC3)o2)cc1C. The van der Waals surface area contributed by atoms with Gasteiger partial charge in [0.1, 0.15) is 11.9 Å². The molecular weight excluding hydrogens is 434 g/mol. The third-order valence-electron chi connectivity index (χ3n) is 6.55. The molecule has 0 unspecified atom stereocenters. The summed E-state index contributed by atoms with van der Waals surface area (Å²) in [7, 11) is 0. The zero-order chi connectivity index (χ0) is 23.5. The van der Waals surface area contributed by atoms with Gasteiger partial charge in [-0.1, -0.05) is 37.1 Å².